The molecule has 0 unspecified atom stereocenters. The number of primary amides is 2. The van der Waals surface area contributed by atoms with Crippen LogP contribution in [0.25, 0.3) is 0 Å². The maximum absolute atomic E-state index is 15.1. The quantitative estimate of drug-likeness (QED) is 0.0171. The van der Waals surface area contributed by atoms with Crippen molar-refractivity contribution in [1.29, 1.82) is 0 Å². The van der Waals surface area contributed by atoms with Gasteiger partial charge in [0.05, 0.1) is 39.4 Å². The maximum atomic E-state index is 15.1. The highest BCUT2D eigenvalue weighted by atomic mass is 16.4. The minimum absolute atomic E-state index is 0.0823. The van der Waals surface area contributed by atoms with E-state index < -0.39 is 237 Å². The second-order valence-electron chi connectivity index (χ2n) is 31.3. The van der Waals surface area contributed by atoms with E-state index in [0.717, 1.165) is 0 Å². The summed E-state index contributed by atoms with van der Waals surface area (Å²) in [5, 5.41) is 87.0. The van der Waals surface area contributed by atoms with Crippen LogP contribution in [0.4, 0.5) is 0 Å². The third-order valence-corrected chi connectivity index (χ3v) is 20.0. The molecule has 0 saturated heterocycles. The molecule has 0 spiro atoms. The van der Waals surface area contributed by atoms with E-state index in [1.54, 1.807) is 210 Å². The molecule has 14 atom stereocenters. The van der Waals surface area contributed by atoms with Gasteiger partial charge in [0, 0.05) is 44.9 Å². The minimum atomic E-state index is -1.88. The zero-order chi connectivity index (χ0) is 93.9. The molecule has 0 aliphatic carbocycles. The zero-order valence-corrected chi connectivity index (χ0v) is 71.3. The lowest BCUT2D eigenvalue weighted by molar-refractivity contribution is -0.142. The van der Waals surface area contributed by atoms with Crippen LogP contribution in [-0.2, 0) is 120 Å². The van der Waals surface area contributed by atoms with Crippen molar-refractivity contribution in [3.05, 3.63) is 215 Å². The second-order valence-corrected chi connectivity index (χ2v) is 31.3. The minimum Gasteiger partial charge on any atom is -0.480 e. The van der Waals surface area contributed by atoms with E-state index in [-0.39, 0.29) is 63.2 Å². The summed E-state index contributed by atoms with van der Waals surface area (Å²) in [6.45, 7) is 1.91. The number of aliphatic hydroxyl groups excluding tert-OH is 4. The molecule has 25 N–H and O–H groups in total. The first-order valence-corrected chi connectivity index (χ1v) is 41.5. The van der Waals surface area contributed by atoms with Gasteiger partial charge >= 0.3 is 5.97 Å². The van der Waals surface area contributed by atoms with E-state index in [1.807, 2.05) is 0 Å². The molecule has 0 aliphatic heterocycles. The molecule has 6 aromatic rings. The molecule has 128 heavy (non-hydrogen) atoms. The van der Waals surface area contributed by atoms with Gasteiger partial charge in [-0.15, -0.1) is 0 Å². The van der Waals surface area contributed by atoms with E-state index >= 15 is 9.59 Å². The predicted octanol–water partition coefficient (Wildman–Crippen LogP) is -4.52. The number of aliphatic carboxylic acids is 1. The molecule has 39 heteroatoms. The second kappa shape index (κ2) is 53.4. The molecule has 0 heterocycles. The Labute approximate surface area is 738 Å². The molecule has 0 saturated carbocycles. The van der Waals surface area contributed by atoms with Gasteiger partial charge in [-0.1, -0.05) is 210 Å². The fourth-order valence-electron chi connectivity index (χ4n) is 13.3. The van der Waals surface area contributed by atoms with Gasteiger partial charge in [-0.25, -0.2) is 4.79 Å². The lowest BCUT2D eigenvalue weighted by Crippen LogP contribution is -2.62. The Kier molecular flexibility index (Phi) is 43.0. The summed E-state index contributed by atoms with van der Waals surface area (Å²) >= 11 is 0. The van der Waals surface area contributed by atoms with Crippen molar-refractivity contribution >= 4 is 100 Å². The van der Waals surface area contributed by atoms with Crippen LogP contribution in [-0.4, -0.2) is 244 Å². The Balaban J connectivity index is 1.23. The van der Waals surface area contributed by atoms with Gasteiger partial charge in [0.2, 0.25) is 94.5 Å². The first kappa shape index (κ1) is 103. The van der Waals surface area contributed by atoms with Gasteiger partial charge in [-0.2, -0.15) is 0 Å². The molecular weight excluding hydrogens is 1660 g/mol. The van der Waals surface area contributed by atoms with Gasteiger partial charge < -0.3 is 117 Å². The van der Waals surface area contributed by atoms with E-state index in [0.29, 0.717) is 33.4 Å². The van der Waals surface area contributed by atoms with Crippen molar-refractivity contribution in [3.8, 4) is 0 Å². The van der Waals surface area contributed by atoms with E-state index in [1.165, 1.54) is 0 Å². The third-order valence-electron chi connectivity index (χ3n) is 20.0. The van der Waals surface area contributed by atoms with Crippen LogP contribution in [0.15, 0.2) is 182 Å². The third kappa shape index (κ3) is 35.6. The number of nitrogens with two attached hydrogens (primary N) is 3. The fourth-order valence-corrected chi connectivity index (χ4v) is 13.3. The van der Waals surface area contributed by atoms with E-state index in [4.69, 9.17) is 17.2 Å². The summed E-state index contributed by atoms with van der Waals surface area (Å²) in [5.41, 5.74) is 18.8. The van der Waals surface area contributed by atoms with Gasteiger partial charge in [0.25, 0.3) is 0 Å². The number of nitrogens with one attached hydrogen (secondary N) is 14. The molecule has 688 valence electrons. The van der Waals surface area contributed by atoms with Crippen molar-refractivity contribution in [2.45, 2.75) is 183 Å². The molecule has 6 rings (SSSR count). The lowest BCUT2D eigenvalue weighted by atomic mass is 9.98. The van der Waals surface area contributed by atoms with Gasteiger partial charge in [-0.05, 0) is 64.5 Å². The molecule has 16 amide bonds. The normalized spacial score (nSPS) is 14.3. The Morgan fingerprint density at radius 3 is 0.633 bits per heavy atom. The number of carbonyl (C=O) groups is 17. The molecule has 0 bridgehead atoms. The summed E-state index contributed by atoms with van der Waals surface area (Å²) in [5.74, 6) is -18.7. The Bertz CT molecular complexity index is 4700. The number of carboxylic acids is 1. The van der Waals surface area contributed by atoms with Crippen molar-refractivity contribution in [3.63, 3.8) is 0 Å². The summed E-state index contributed by atoms with van der Waals surface area (Å²) in [6.07, 6.45) is -3.25. The average molecular weight is 1770 g/mol. The van der Waals surface area contributed by atoms with Crippen LogP contribution in [0, 0.1) is 11.8 Å². The standard InChI is InChI=1S/C89H115N17O22/c1-51(2)37-60(96-79(117)63(40-54-25-13-6-14-26-54)97-81(119)66(43-57-31-19-9-20-32-57)102-87(125)71(49-109)106-88(126)72(50-110)105-84(122)68(45-74(92)112)93-75(113)46-90)76(114)95-61(38-52(3)4)77(115)103-69(47-107)85(123)101-65(42-56-29-17-8-18-30-56)82(120)98-64(41-55-27-15-7-16-28-55)80(118)99-67(44-58-33-21-10-22-34-58)83(121)104-70(48-108)86(124)100-62(39-53-23-11-5-12-24-53)78(116)94-59(89(127)128)35-36-73(91)111/h5-34,51-52,59-72,107-110H,35-50,90H2,1-4H3,(H2,91,111)(H2,92,112)(H,93,113)(H,94,116)(H,95,114)(H,96,117)(H,97,119)(H,98,120)(H,99,118)(H,100,124)(H,101,123)(H,102,125)(H,103,115)(H,104,121)(H,105,122)(H,106,126)(H,127,128)/t59-,60-,61-,62-,63-,64-,65-,66-,67-,68-,69-,70-,71-,72-/m0/s1. The molecular formula is C89H115N17O22. The lowest BCUT2D eigenvalue weighted by Gasteiger charge is -2.29. The van der Waals surface area contributed by atoms with E-state index in [2.05, 4.69) is 74.4 Å². The van der Waals surface area contributed by atoms with Crippen LogP contribution < -0.4 is 91.6 Å². The molecule has 6 aromatic carbocycles. The molecule has 0 radical (unpaired) electrons. The number of hydrogen-bond donors (Lipinski definition) is 22. The number of rotatable bonds is 54. The van der Waals surface area contributed by atoms with Crippen LogP contribution in [0.5, 0.6) is 0 Å². The van der Waals surface area contributed by atoms with Crippen molar-refractivity contribution in [1.82, 2.24) is 74.4 Å². The Hall–Kier alpha value is -13.9. The first-order chi connectivity index (χ1) is 61.1. The Morgan fingerprint density at radius 1 is 0.258 bits per heavy atom. The predicted molar refractivity (Wildman–Crippen MR) is 464 cm³/mol. The van der Waals surface area contributed by atoms with Crippen LogP contribution in [0.2, 0.25) is 0 Å². The van der Waals surface area contributed by atoms with E-state index in [9.17, 15) is 97.5 Å². The number of benzene rings is 6. The highest BCUT2D eigenvalue weighted by Crippen LogP contribution is 2.17. The van der Waals surface area contributed by atoms with Crippen molar-refractivity contribution < 1.29 is 107 Å². The summed E-state index contributed by atoms with van der Waals surface area (Å²) < 4.78 is 0. The fraction of sp³-hybridized carbons (Fsp3) is 0.404. The van der Waals surface area contributed by atoms with Gasteiger partial charge in [-0.3, -0.25) is 76.7 Å². The first-order valence-electron chi connectivity index (χ1n) is 41.5. The summed E-state index contributed by atoms with van der Waals surface area (Å²) in [7, 11) is 0. The Morgan fingerprint density at radius 2 is 0.445 bits per heavy atom. The monoisotopic (exact) mass is 1770 g/mol. The largest absolute Gasteiger partial charge is 0.480 e. The van der Waals surface area contributed by atoms with Gasteiger partial charge in [0.15, 0.2) is 0 Å². The van der Waals surface area contributed by atoms with Crippen LogP contribution >= 0.6 is 0 Å². The number of carboxylic acid groups (broad SMARTS) is 1. The topological polar surface area (TPSA) is 638 Å². The average Bonchev–Trinajstić information content (AvgIpc) is 0.845. The molecule has 0 aromatic heterocycles. The number of aliphatic hydroxyl groups is 4. The summed E-state index contributed by atoms with van der Waals surface area (Å²) in [4.78, 5) is 235. The van der Waals surface area contributed by atoms with Crippen molar-refractivity contribution in [2.24, 2.45) is 29.0 Å². The number of carbonyl (C=O) groups excluding carboxylic acids is 16. The SMILES string of the molecule is CC(C)C[C@H](NC(=O)[C@H](Cc1ccccc1)NC(=O)[C@H](Cc1ccccc1)NC(=O)[C@H](CO)NC(=O)[C@H](CO)NC(=O)[C@H](CC(N)=O)NC(=O)CN)C(=O)N[C@@H](CC(C)C)C(=O)N[C@@H](CO)C(=O)N[C@@H](Cc1ccccc1)C(=O)N[C@@H](Cc1ccccc1)C(=O)N[C@@H](Cc1ccccc1)C(=O)N[C@@H](CO)C(=O)N[C@@H](Cc1ccccc1)C(=O)N[C@@H](CCC(N)=O)C(=O)O. The zero-order valence-electron chi connectivity index (χ0n) is 71.3. The molecule has 0 aliphatic rings. The van der Waals surface area contributed by atoms with Crippen LogP contribution in [0.1, 0.15) is 93.2 Å². The highest BCUT2D eigenvalue weighted by molar-refractivity contribution is 6.01. The van der Waals surface area contributed by atoms with Gasteiger partial charge in [0.1, 0.15) is 84.6 Å². The molecule has 39 nitrogen and oxygen atoms in total. The summed E-state index contributed by atoms with van der Waals surface area (Å²) in [6, 6.07) is 26.5. The van der Waals surface area contributed by atoms with Crippen LogP contribution in [0.3, 0.4) is 0 Å². The number of hydrogen-bond acceptors (Lipinski definition) is 22. The van der Waals surface area contributed by atoms with Crippen molar-refractivity contribution in [2.75, 3.05) is 33.0 Å². The highest BCUT2D eigenvalue weighted by Gasteiger charge is 2.39. The maximum Gasteiger partial charge on any atom is 0.326 e. The molecule has 0 fully saturated rings. The smallest absolute Gasteiger partial charge is 0.326 e. The number of amides is 16.